The van der Waals surface area contributed by atoms with Crippen molar-refractivity contribution < 1.29 is 19.0 Å². The van der Waals surface area contributed by atoms with Crippen LogP contribution in [0.3, 0.4) is 0 Å². The summed E-state index contributed by atoms with van der Waals surface area (Å²) >= 11 is 7.34. The highest BCUT2D eigenvalue weighted by Gasteiger charge is 2.25. The number of aliphatic imine (C=N–C) groups is 1. The number of halogens is 1. The number of ether oxygens (including phenoxy) is 3. The van der Waals surface area contributed by atoms with E-state index in [0.717, 1.165) is 0 Å². The first kappa shape index (κ1) is 19.1. The third-order valence-electron chi connectivity index (χ3n) is 3.75. The van der Waals surface area contributed by atoms with Gasteiger partial charge in [-0.3, -0.25) is 4.79 Å². The van der Waals surface area contributed by atoms with Crippen molar-refractivity contribution in [1.29, 1.82) is 0 Å². The smallest absolute Gasteiger partial charge is 0.264 e. The van der Waals surface area contributed by atoms with E-state index in [1.165, 1.54) is 26.0 Å². The van der Waals surface area contributed by atoms with Gasteiger partial charge in [0.15, 0.2) is 16.7 Å². The molecule has 1 amide bonds. The Labute approximate surface area is 166 Å². The molecule has 140 valence electrons. The van der Waals surface area contributed by atoms with Gasteiger partial charge in [-0.05, 0) is 42.1 Å². The Morgan fingerprint density at radius 3 is 2.44 bits per heavy atom. The van der Waals surface area contributed by atoms with E-state index >= 15 is 0 Å². The normalized spacial score (nSPS) is 16.5. The van der Waals surface area contributed by atoms with Crippen molar-refractivity contribution in [3.63, 3.8) is 0 Å². The van der Waals surface area contributed by atoms with E-state index in [2.05, 4.69) is 10.3 Å². The number of amides is 1. The molecule has 0 aliphatic carbocycles. The Hall–Kier alpha value is -2.64. The SMILES string of the molecule is COc1ccc(/C=C2/SC(=Nc3ccccc3Cl)NC2=O)c(OC)c1OC. The summed E-state index contributed by atoms with van der Waals surface area (Å²) < 4.78 is 16.1. The number of carbonyl (C=O) groups excluding carboxylic acids is 1. The second kappa shape index (κ2) is 8.37. The van der Waals surface area contributed by atoms with Crippen LogP contribution in [0, 0.1) is 0 Å². The van der Waals surface area contributed by atoms with Crippen molar-refractivity contribution in [2.75, 3.05) is 21.3 Å². The maximum absolute atomic E-state index is 12.3. The third-order valence-corrected chi connectivity index (χ3v) is 4.98. The number of carbonyl (C=O) groups is 1. The third kappa shape index (κ3) is 4.04. The molecule has 0 aromatic heterocycles. The van der Waals surface area contributed by atoms with Gasteiger partial charge in [-0.15, -0.1) is 0 Å². The molecule has 1 aliphatic heterocycles. The van der Waals surface area contributed by atoms with Crippen LogP contribution < -0.4 is 19.5 Å². The van der Waals surface area contributed by atoms with Crippen LogP contribution in [0.25, 0.3) is 6.08 Å². The van der Waals surface area contributed by atoms with Crippen LogP contribution in [0.1, 0.15) is 5.56 Å². The van der Waals surface area contributed by atoms with E-state index in [1.807, 2.05) is 12.1 Å². The summed E-state index contributed by atoms with van der Waals surface area (Å²) in [5, 5.41) is 3.71. The second-order valence-corrected chi connectivity index (χ2v) is 6.79. The zero-order valence-electron chi connectivity index (χ0n) is 14.9. The quantitative estimate of drug-likeness (QED) is 0.754. The molecular weight excluding hydrogens is 388 g/mol. The maximum atomic E-state index is 12.3. The van der Waals surface area contributed by atoms with Crippen LogP contribution in [0.4, 0.5) is 5.69 Å². The average Bonchev–Trinajstić information content (AvgIpc) is 3.02. The molecule has 8 heteroatoms. The number of nitrogens with one attached hydrogen (secondary N) is 1. The van der Waals surface area contributed by atoms with E-state index in [-0.39, 0.29) is 5.91 Å². The highest BCUT2D eigenvalue weighted by Crippen LogP contribution is 2.41. The van der Waals surface area contributed by atoms with Gasteiger partial charge in [-0.25, -0.2) is 4.99 Å². The van der Waals surface area contributed by atoms with E-state index in [4.69, 9.17) is 25.8 Å². The van der Waals surface area contributed by atoms with Gasteiger partial charge in [-0.2, -0.15) is 0 Å². The first-order valence-electron chi connectivity index (χ1n) is 7.90. The number of rotatable bonds is 5. The predicted molar refractivity (Wildman–Crippen MR) is 108 cm³/mol. The molecule has 2 aromatic carbocycles. The molecule has 0 atom stereocenters. The lowest BCUT2D eigenvalue weighted by molar-refractivity contribution is -0.115. The van der Waals surface area contributed by atoms with Crippen molar-refractivity contribution in [2.45, 2.75) is 0 Å². The zero-order chi connectivity index (χ0) is 19.4. The average molecular weight is 405 g/mol. The highest BCUT2D eigenvalue weighted by atomic mass is 35.5. The molecule has 3 rings (SSSR count). The molecule has 1 saturated heterocycles. The fourth-order valence-corrected chi connectivity index (χ4v) is 3.52. The molecule has 0 spiro atoms. The standard InChI is InChI=1S/C19H17ClN2O4S/c1-24-14-9-8-11(16(25-2)17(14)26-3)10-15-18(23)22-19(27-15)21-13-7-5-4-6-12(13)20/h4-10H,1-3H3,(H,21,22,23)/b15-10+. The lowest BCUT2D eigenvalue weighted by Crippen LogP contribution is -2.19. The van der Waals surface area contributed by atoms with Crippen LogP contribution in [0.15, 0.2) is 46.3 Å². The summed E-state index contributed by atoms with van der Waals surface area (Å²) in [6, 6.07) is 10.7. The van der Waals surface area contributed by atoms with Gasteiger partial charge in [-0.1, -0.05) is 23.7 Å². The van der Waals surface area contributed by atoms with Gasteiger partial charge < -0.3 is 19.5 Å². The monoisotopic (exact) mass is 404 g/mol. The Morgan fingerprint density at radius 2 is 1.78 bits per heavy atom. The second-order valence-electron chi connectivity index (χ2n) is 5.36. The van der Waals surface area contributed by atoms with Crippen LogP contribution in [-0.4, -0.2) is 32.4 Å². The number of hydrogen-bond donors (Lipinski definition) is 1. The summed E-state index contributed by atoms with van der Waals surface area (Å²) in [7, 11) is 4.61. The number of amidine groups is 1. The summed E-state index contributed by atoms with van der Waals surface area (Å²) in [4.78, 5) is 17.2. The number of benzene rings is 2. The lowest BCUT2D eigenvalue weighted by atomic mass is 10.1. The molecule has 2 aromatic rings. The molecular formula is C19H17ClN2O4S. The van der Waals surface area contributed by atoms with Crippen molar-refractivity contribution in [1.82, 2.24) is 5.32 Å². The van der Waals surface area contributed by atoms with Crippen LogP contribution in [-0.2, 0) is 4.79 Å². The van der Waals surface area contributed by atoms with E-state index in [9.17, 15) is 4.79 Å². The highest BCUT2D eigenvalue weighted by molar-refractivity contribution is 8.18. The molecule has 1 N–H and O–H groups in total. The Balaban J connectivity index is 1.94. The van der Waals surface area contributed by atoms with Gasteiger partial charge in [0.2, 0.25) is 5.75 Å². The number of nitrogens with zero attached hydrogens (tertiary/aromatic N) is 1. The van der Waals surface area contributed by atoms with E-state index < -0.39 is 0 Å². The van der Waals surface area contributed by atoms with Crippen molar-refractivity contribution in [3.05, 3.63) is 51.9 Å². The van der Waals surface area contributed by atoms with Crippen LogP contribution in [0.5, 0.6) is 17.2 Å². The largest absolute Gasteiger partial charge is 0.493 e. The van der Waals surface area contributed by atoms with Crippen LogP contribution >= 0.6 is 23.4 Å². The molecule has 0 bridgehead atoms. The Bertz CT molecular complexity index is 943. The predicted octanol–water partition coefficient (Wildman–Crippen LogP) is 4.26. The molecule has 1 fully saturated rings. The van der Waals surface area contributed by atoms with Crippen molar-refractivity contribution >= 4 is 46.2 Å². The number of thioether (sulfide) groups is 1. The zero-order valence-corrected chi connectivity index (χ0v) is 16.5. The van der Waals surface area contributed by atoms with Gasteiger partial charge in [0, 0.05) is 5.56 Å². The summed E-state index contributed by atoms with van der Waals surface area (Å²) in [5.41, 5.74) is 1.28. The van der Waals surface area contributed by atoms with Gasteiger partial charge in [0.1, 0.15) is 0 Å². The fraction of sp³-hybridized carbons (Fsp3) is 0.158. The molecule has 27 heavy (non-hydrogen) atoms. The first-order valence-corrected chi connectivity index (χ1v) is 9.10. The number of hydrogen-bond acceptors (Lipinski definition) is 6. The van der Waals surface area contributed by atoms with E-state index in [0.29, 0.717) is 43.6 Å². The summed E-state index contributed by atoms with van der Waals surface area (Å²) in [6.07, 6.45) is 1.72. The van der Waals surface area contributed by atoms with Crippen molar-refractivity contribution in [3.8, 4) is 17.2 Å². The van der Waals surface area contributed by atoms with E-state index in [1.54, 1.807) is 37.5 Å². The lowest BCUT2D eigenvalue weighted by Gasteiger charge is -2.14. The molecule has 1 aliphatic rings. The first-order chi connectivity index (χ1) is 13.1. The Kier molecular flexibility index (Phi) is 5.93. The van der Waals surface area contributed by atoms with Gasteiger partial charge in [0.25, 0.3) is 5.91 Å². The molecule has 0 unspecified atom stereocenters. The van der Waals surface area contributed by atoms with Crippen molar-refractivity contribution in [2.24, 2.45) is 4.99 Å². The molecule has 6 nitrogen and oxygen atoms in total. The molecule has 1 heterocycles. The summed E-state index contributed by atoms with van der Waals surface area (Å²) in [6.45, 7) is 0. The summed E-state index contributed by atoms with van der Waals surface area (Å²) in [5.74, 6) is 1.24. The Morgan fingerprint density at radius 1 is 1.04 bits per heavy atom. The minimum atomic E-state index is -0.248. The topological polar surface area (TPSA) is 69.2 Å². The fourth-order valence-electron chi connectivity index (χ4n) is 2.51. The molecule has 0 saturated carbocycles. The van der Waals surface area contributed by atoms with Gasteiger partial charge in [0.05, 0.1) is 36.9 Å². The number of methoxy groups -OCH3 is 3. The van der Waals surface area contributed by atoms with Crippen LogP contribution in [0.2, 0.25) is 5.02 Å². The minimum Gasteiger partial charge on any atom is -0.493 e. The van der Waals surface area contributed by atoms with Gasteiger partial charge >= 0.3 is 0 Å². The maximum Gasteiger partial charge on any atom is 0.264 e. The molecule has 0 radical (unpaired) electrons. The minimum absolute atomic E-state index is 0.248. The number of para-hydroxylation sites is 1.